The monoisotopic (exact) mass is 413 g/mol. The number of halogens is 2. The first kappa shape index (κ1) is 22.7. The Morgan fingerprint density at radius 1 is 0.933 bits per heavy atom. The van der Waals surface area contributed by atoms with Crippen LogP contribution in [0.5, 0.6) is 0 Å². The number of hydrogen-bond acceptors (Lipinski definition) is 2. The third-order valence-electron chi connectivity index (χ3n) is 6.78. The second kappa shape index (κ2) is 12.0. The molecule has 3 rings (SSSR count). The summed E-state index contributed by atoms with van der Waals surface area (Å²) in [5.41, 5.74) is 0.933. The van der Waals surface area contributed by atoms with Gasteiger partial charge in [-0.1, -0.05) is 24.3 Å². The normalized spacial score (nSPS) is 27.5. The molecule has 162 valence electrons. The smallest absolute Gasteiger partial charge is 0.159 e. The molecule has 0 aliphatic heterocycles. The molecule has 0 aromatic heterocycles. The van der Waals surface area contributed by atoms with Crippen LogP contribution >= 0.6 is 0 Å². The fourth-order valence-electron chi connectivity index (χ4n) is 4.89. The van der Waals surface area contributed by atoms with Crippen molar-refractivity contribution in [2.75, 3.05) is 6.61 Å². The predicted molar refractivity (Wildman–Crippen MR) is 116 cm³/mol. The van der Waals surface area contributed by atoms with Gasteiger partial charge in [-0.05, 0) is 99.7 Å². The predicted octanol–water partition coefficient (Wildman–Crippen LogP) is 7.23. The molecule has 2 aliphatic carbocycles. The summed E-state index contributed by atoms with van der Waals surface area (Å²) < 4.78 is 32.9. The lowest BCUT2D eigenvalue weighted by Gasteiger charge is -2.32. The van der Waals surface area contributed by atoms with Crippen molar-refractivity contribution in [1.82, 2.24) is 0 Å². The zero-order chi connectivity index (χ0) is 21.2. The van der Waals surface area contributed by atoms with Gasteiger partial charge < -0.3 is 4.74 Å². The van der Waals surface area contributed by atoms with E-state index >= 15 is 0 Å². The number of nitriles is 1. The van der Waals surface area contributed by atoms with Gasteiger partial charge in [0.1, 0.15) is 0 Å². The summed E-state index contributed by atoms with van der Waals surface area (Å²) in [4.78, 5) is 0. The molecule has 0 unspecified atom stereocenters. The van der Waals surface area contributed by atoms with Gasteiger partial charge in [-0.3, -0.25) is 0 Å². The summed E-state index contributed by atoms with van der Waals surface area (Å²) in [5, 5.41) is 8.45. The number of hydrogen-bond donors (Lipinski definition) is 0. The average Bonchev–Trinajstić information content (AvgIpc) is 2.78. The Morgan fingerprint density at radius 3 is 2.37 bits per heavy atom. The first-order chi connectivity index (χ1) is 14.7. The highest BCUT2D eigenvalue weighted by Gasteiger charge is 2.26. The first-order valence-electron chi connectivity index (χ1n) is 11.4. The van der Waals surface area contributed by atoms with Crippen LogP contribution in [0.4, 0.5) is 8.78 Å². The Kier molecular flexibility index (Phi) is 9.08. The Labute approximate surface area is 179 Å². The standard InChI is InChI=1S/C26H33F2NO/c27-25-16-13-23(18-26(25)28)22-11-7-21(8-12-22)19-30-24-14-9-20(10-15-24)6-4-2-1-3-5-17-29/h1-3,5,13,16,18,20-22,24H,4,6-12,14-15,19H2. The van der Waals surface area contributed by atoms with Crippen molar-refractivity contribution in [3.05, 3.63) is 59.7 Å². The van der Waals surface area contributed by atoms with Crippen LogP contribution in [0.1, 0.15) is 75.7 Å². The van der Waals surface area contributed by atoms with E-state index in [1.807, 2.05) is 12.1 Å². The van der Waals surface area contributed by atoms with Crippen molar-refractivity contribution in [2.45, 2.75) is 76.2 Å². The molecule has 0 atom stereocenters. The minimum absolute atomic E-state index is 0.344. The minimum Gasteiger partial charge on any atom is -0.378 e. The summed E-state index contributed by atoms with van der Waals surface area (Å²) in [7, 11) is 0. The Balaban J connectivity index is 1.29. The molecular formula is C26H33F2NO. The van der Waals surface area contributed by atoms with E-state index in [1.54, 1.807) is 12.1 Å². The van der Waals surface area contributed by atoms with Gasteiger partial charge in [0.15, 0.2) is 11.6 Å². The van der Waals surface area contributed by atoms with Crippen LogP contribution < -0.4 is 0 Å². The zero-order valence-electron chi connectivity index (χ0n) is 17.7. The molecule has 0 saturated heterocycles. The maximum Gasteiger partial charge on any atom is 0.159 e. The van der Waals surface area contributed by atoms with E-state index in [0.29, 0.717) is 17.9 Å². The van der Waals surface area contributed by atoms with E-state index in [4.69, 9.17) is 10.00 Å². The maximum atomic E-state index is 13.5. The number of benzene rings is 1. The molecule has 2 fully saturated rings. The lowest BCUT2D eigenvalue weighted by molar-refractivity contribution is -0.00824. The van der Waals surface area contributed by atoms with Crippen molar-refractivity contribution >= 4 is 0 Å². The molecule has 30 heavy (non-hydrogen) atoms. The minimum atomic E-state index is -0.764. The van der Waals surface area contributed by atoms with E-state index < -0.39 is 11.6 Å². The van der Waals surface area contributed by atoms with Crippen LogP contribution in [0, 0.1) is 34.8 Å². The molecule has 0 N–H and O–H groups in total. The van der Waals surface area contributed by atoms with Crippen molar-refractivity contribution in [3.8, 4) is 6.07 Å². The molecule has 1 aromatic rings. The number of allylic oxidation sites excluding steroid dienone is 4. The molecule has 0 radical (unpaired) electrons. The fraction of sp³-hybridized carbons (Fsp3) is 0.577. The van der Waals surface area contributed by atoms with Gasteiger partial charge in [0.2, 0.25) is 0 Å². The molecule has 0 heterocycles. The molecule has 2 saturated carbocycles. The molecule has 0 bridgehead atoms. The van der Waals surface area contributed by atoms with Crippen LogP contribution in [-0.2, 0) is 4.74 Å². The largest absolute Gasteiger partial charge is 0.378 e. The Hall–Kier alpha value is -1.99. The van der Waals surface area contributed by atoms with Gasteiger partial charge in [0, 0.05) is 12.7 Å². The van der Waals surface area contributed by atoms with E-state index in [0.717, 1.165) is 63.0 Å². The van der Waals surface area contributed by atoms with Gasteiger partial charge >= 0.3 is 0 Å². The van der Waals surface area contributed by atoms with Crippen molar-refractivity contribution in [3.63, 3.8) is 0 Å². The van der Waals surface area contributed by atoms with Crippen molar-refractivity contribution < 1.29 is 13.5 Å². The fourth-order valence-corrected chi connectivity index (χ4v) is 4.89. The number of nitrogens with zero attached hydrogens (tertiary/aromatic N) is 1. The zero-order valence-corrected chi connectivity index (χ0v) is 17.7. The van der Waals surface area contributed by atoms with Gasteiger partial charge in [0.05, 0.1) is 12.2 Å². The summed E-state index contributed by atoms with van der Waals surface area (Å²) in [6.07, 6.45) is 19.2. The Morgan fingerprint density at radius 2 is 1.67 bits per heavy atom. The third-order valence-corrected chi connectivity index (χ3v) is 6.78. The second-order valence-corrected chi connectivity index (χ2v) is 8.86. The molecule has 2 nitrogen and oxygen atoms in total. The Bertz CT molecular complexity index is 751. The molecule has 2 aliphatic rings. The van der Waals surface area contributed by atoms with Crippen LogP contribution in [-0.4, -0.2) is 12.7 Å². The summed E-state index contributed by atoms with van der Waals surface area (Å²) in [5.74, 6) is 0.230. The van der Waals surface area contributed by atoms with E-state index in [-0.39, 0.29) is 0 Å². The average molecular weight is 414 g/mol. The summed E-state index contributed by atoms with van der Waals surface area (Å²) in [6, 6.07) is 6.34. The van der Waals surface area contributed by atoms with Gasteiger partial charge in [-0.15, -0.1) is 0 Å². The molecular weight excluding hydrogens is 380 g/mol. The number of rotatable bonds is 8. The van der Waals surface area contributed by atoms with Crippen LogP contribution in [0.3, 0.4) is 0 Å². The van der Waals surface area contributed by atoms with Gasteiger partial charge in [-0.2, -0.15) is 5.26 Å². The highest BCUT2D eigenvalue weighted by atomic mass is 19.2. The highest BCUT2D eigenvalue weighted by Crippen LogP contribution is 2.37. The third kappa shape index (κ3) is 7.06. The van der Waals surface area contributed by atoms with Crippen molar-refractivity contribution in [1.29, 1.82) is 5.26 Å². The molecule has 0 amide bonds. The first-order valence-corrected chi connectivity index (χ1v) is 11.4. The molecule has 1 aromatic carbocycles. The quantitative estimate of drug-likeness (QED) is 0.333. The van der Waals surface area contributed by atoms with Crippen LogP contribution in [0.15, 0.2) is 42.5 Å². The van der Waals surface area contributed by atoms with Crippen molar-refractivity contribution in [2.24, 2.45) is 11.8 Å². The van der Waals surface area contributed by atoms with Gasteiger partial charge in [0.25, 0.3) is 0 Å². The van der Waals surface area contributed by atoms with Crippen LogP contribution in [0.25, 0.3) is 0 Å². The molecule has 0 spiro atoms. The lowest BCUT2D eigenvalue weighted by Crippen LogP contribution is -2.25. The number of ether oxygens (including phenoxy) is 1. The SMILES string of the molecule is N#CC=CC=CCCC1CCC(OCC2CCC(c3ccc(F)c(F)c3)CC2)CC1. The van der Waals surface area contributed by atoms with E-state index in [2.05, 4.69) is 6.08 Å². The lowest BCUT2D eigenvalue weighted by atomic mass is 9.79. The van der Waals surface area contributed by atoms with E-state index in [9.17, 15) is 8.78 Å². The summed E-state index contributed by atoms with van der Waals surface area (Å²) >= 11 is 0. The second-order valence-electron chi connectivity index (χ2n) is 8.86. The maximum absolute atomic E-state index is 13.5. The topological polar surface area (TPSA) is 33.0 Å². The molecule has 4 heteroatoms. The summed E-state index contributed by atoms with van der Waals surface area (Å²) in [6.45, 7) is 0.841. The van der Waals surface area contributed by atoms with E-state index in [1.165, 1.54) is 37.5 Å². The van der Waals surface area contributed by atoms with Crippen LogP contribution in [0.2, 0.25) is 0 Å². The van der Waals surface area contributed by atoms with Gasteiger partial charge in [-0.25, -0.2) is 8.78 Å². The highest BCUT2D eigenvalue weighted by molar-refractivity contribution is 5.22.